The molecule has 2 rings (SSSR count). The molecule has 98 valence electrons. The summed E-state index contributed by atoms with van der Waals surface area (Å²) in [4.78, 5) is 3.33. The van der Waals surface area contributed by atoms with E-state index in [1.165, 1.54) is 10.4 Å². The van der Waals surface area contributed by atoms with Crippen LogP contribution in [0.2, 0.25) is 0 Å². The summed E-state index contributed by atoms with van der Waals surface area (Å²) in [6.07, 6.45) is -0.499. The maximum absolute atomic E-state index is 10.4. The second-order valence-corrected chi connectivity index (χ2v) is 8.98. The third-order valence-electron chi connectivity index (χ3n) is 2.78. The molecule has 0 aromatic carbocycles. The molecule has 0 saturated carbocycles. The van der Waals surface area contributed by atoms with Gasteiger partial charge in [-0.25, -0.2) is 0 Å². The van der Waals surface area contributed by atoms with E-state index in [2.05, 4.69) is 48.8 Å². The molecule has 2 aromatic heterocycles. The molecule has 1 N–H and O–H groups in total. The number of aryl methyl sites for hydroxylation is 1. The van der Waals surface area contributed by atoms with Gasteiger partial charge in [-0.3, -0.25) is 0 Å². The van der Waals surface area contributed by atoms with Crippen LogP contribution in [0.3, 0.4) is 0 Å². The van der Waals surface area contributed by atoms with Crippen LogP contribution < -0.4 is 0 Å². The molecule has 0 aliphatic carbocycles. The first-order valence-electron chi connectivity index (χ1n) is 5.83. The monoisotopic (exact) mass is 344 g/mol. The Morgan fingerprint density at radius 1 is 1.17 bits per heavy atom. The van der Waals surface area contributed by atoms with Crippen molar-refractivity contribution in [3.63, 3.8) is 0 Å². The normalized spacial score (nSPS) is 13.9. The Morgan fingerprint density at radius 2 is 1.83 bits per heavy atom. The standard InChI is InChI=1S/C14H17BrOS2/c1-8-7-10(18-13(8)15)12(16)9-5-6-11(17-9)14(2,3)4/h5-7,12,16H,1-4H3. The summed E-state index contributed by atoms with van der Waals surface area (Å²) in [5, 5.41) is 10.4. The minimum atomic E-state index is -0.499. The van der Waals surface area contributed by atoms with Crippen molar-refractivity contribution < 1.29 is 5.11 Å². The Hall–Kier alpha value is -0.160. The average Bonchev–Trinajstić information content (AvgIpc) is 2.85. The van der Waals surface area contributed by atoms with Gasteiger partial charge in [0.25, 0.3) is 0 Å². The molecule has 2 heterocycles. The van der Waals surface area contributed by atoms with Crippen LogP contribution in [0, 0.1) is 6.92 Å². The minimum absolute atomic E-state index is 0.147. The van der Waals surface area contributed by atoms with Gasteiger partial charge in [-0.05, 0) is 52.0 Å². The molecule has 0 saturated heterocycles. The van der Waals surface area contributed by atoms with Crippen molar-refractivity contribution in [1.82, 2.24) is 0 Å². The van der Waals surface area contributed by atoms with Gasteiger partial charge in [-0.2, -0.15) is 0 Å². The van der Waals surface area contributed by atoms with Crippen molar-refractivity contribution in [3.8, 4) is 0 Å². The highest BCUT2D eigenvalue weighted by Crippen LogP contribution is 2.38. The molecule has 0 fully saturated rings. The van der Waals surface area contributed by atoms with E-state index >= 15 is 0 Å². The highest BCUT2D eigenvalue weighted by atomic mass is 79.9. The van der Waals surface area contributed by atoms with Crippen molar-refractivity contribution in [3.05, 3.63) is 42.2 Å². The lowest BCUT2D eigenvalue weighted by atomic mass is 9.95. The fraction of sp³-hybridized carbons (Fsp3) is 0.429. The van der Waals surface area contributed by atoms with Gasteiger partial charge in [0.2, 0.25) is 0 Å². The quantitative estimate of drug-likeness (QED) is 0.787. The molecule has 0 spiro atoms. The van der Waals surface area contributed by atoms with Crippen LogP contribution in [-0.4, -0.2) is 5.11 Å². The lowest BCUT2D eigenvalue weighted by molar-refractivity contribution is 0.228. The van der Waals surface area contributed by atoms with Gasteiger partial charge in [0.05, 0.1) is 3.79 Å². The van der Waals surface area contributed by atoms with Gasteiger partial charge in [0.1, 0.15) is 6.10 Å². The number of hydrogen-bond donors (Lipinski definition) is 1. The first kappa shape index (κ1) is 14.3. The molecule has 2 aromatic rings. The summed E-state index contributed by atoms with van der Waals surface area (Å²) in [7, 11) is 0. The Bertz CT molecular complexity index is 529. The minimum Gasteiger partial charge on any atom is -0.382 e. The number of thiophene rings is 2. The number of hydrogen-bond acceptors (Lipinski definition) is 3. The zero-order chi connectivity index (χ0) is 13.5. The van der Waals surface area contributed by atoms with Crippen LogP contribution in [-0.2, 0) is 5.41 Å². The highest BCUT2D eigenvalue weighted by Gasteiger charge is 2.21. The summed E-state index contributed by atoms with van der Waals surface area (Å²) in [6.45, 7) is 8.63. The Balaban J connectivity index is 2.29. The molecule has 0 bridgehead atoms. The molecule has 0 radical (unpaired) electrons. The summed E-state index contributed by atoms with van der Waals surface area (Å²) in [5.74, 6) is 0. The molecule has 0 aliphatic rings. The Morgan fingerprint density at radius 3 is 2.28 bits per heavy atom. The topological polar surface area (TPSA) is 20.2 Å². The first-order chi connectivity index (χ1) is 8.29. The van der Waals surface area contributed by atoms with Crippen LogP contribution in [0.15, 0.2) is 22.0 Å². The second kappa shape index (κ2) is 5.08. The number of aliphatic hydroxyl groups excluding tert-OH is 1. The van der Waals surface area contributed by atoms with E-state index < -0.39 is 6.10 Å². The maximum Gasteiger partial charge on any atom is 0.122 e. The number of aliphatic hydroxyl groups is 1. The van der Waals surface area contributed by atoms with Crippen molar-refractivity contribution >= 4 is 38.6 Å². The van der Waals surface area contributed by atoms with Crippen LogP contribution in [0.25, 0.3) is 0 Å². The summed E-state index contributed by atoms with van der Waals surface area (Å²) >= 11 is 6.81. The van der Waals surface area contributed by atoms with Gasteiger partial charge < -0.3 is 5.11 Å². The number of halogens is 1. The summed E-state index contributed by atoms with van der Waals surface area (Å²) in [5.41, 5.74) is 1.33. The van der Waals surface area contributed by atoms with Gasteiger partial charge in [0, 0.05) is 14.6 Å². The van der Waals surface area contributed by atoms with E-state index in [0.717, 1.165) is 13.5 Å². The zero-order valence-corrected chi connectivity index (χ0v) is 14.2. The van der Waals surface area contributed by atoms with Crippen LogP contribution in [0.1, 0.15) is 47.1 Å². The van der Waals surface area contributed by atoms with Crippen molar-refractivity contribution in [2.75, 3.05) is 0 Å². The van der Waals surface area contributed by atoms with Crippen LogP contribution in [0.4, 0.5) is 0 Å². The third kappa shape index (κ3) is 2.87. The Labute approximate surface area is 125 Å². The van der Waals surface area contributed by atoms with Crippen molar-refractivity contribution in [2.45, 2.75) is 39.2 Å². The highest BCUT2D eigenvalue weighted by molar-refractivity contribution is 9.11. The maximum atomic E-state index is 10.4. The summed E-state index contributed by atoms with van der Waals surface area (Å²) in [6, 6.07) is 6.22. The second-order valence-electron chi connectivity index (χ2n) is 5.46. The molecular formula is C14H17BrOS2. The van der Waals surface area contributed by atoms with Crippen molar-refractivity contribution in [2.24, 2.45) is 0 Å². The summed E-state index contributed by atoms with van der Waals surface area (Å²) < 4.78 is 1.10. The van der Waals surface area contributed by atoms with E-state index in [1.807, 2.05) is 13.0 Å². The lowest BCUT2D eigenvalue weighted by Crippen LogP contribution is -2.07. The van der Waals surface area contributed by atoms with Gasteiger partial charge >= 0.3 is 0 Å². The largest absolute Gasteiger partial charge is 0.382 e. The molecule has 18 heavy (non-hydrogen) atoms. The SMILES string of the molecule is Cc1cc(C(O)c2ccc(C(C)(C)C)s2)sc1Br. The molecule has 1 atom stereocenters. The van der Waals surface area contributed by atoms with Crippen LogP contribution in [0.5, 0.6) is 0 Å². The predicted molar refractivity (Wildman–Crippen MR) is 83.8 cm³/mol. The van der Waals surface area contributed by atoms with E-state index in [9.17, 15) is 5.11 Å². The van der Waals surface area contributed by atoms with Gasteiger partial charge in [-0.15, -0.1) is 22.7 Å². The predicted octanol–water partition coefficient (Wildman–Crippen LogP) is 5.26. The van der Waals surface area contributed by atoms with Gasteiger partial charge in [-0.1, -0.05) is 20.8 Å². The molecule has 0 amide bonds. The smallest absolute Gasteiger partial charge is 0.122 e. The fourth-order valence-electron chi connectivity index (χ4n) is 1.66. The molecule has 1 unspecified atom stereocenters. The van der Waals surface area contributed by atoms with Gasteiger partial charge in [0.15, 0.2) is 0 Å². The Kier molecular flexibility index (Phi) is 4.02. The average molecular weight is 345 g/mol. The fourth-order valence-corrected chi connectivity index (χ4v) is 4.38. The lowest BCUT2D eigenvalue weighted by Gasteiger charge is -2.15. The molecule has 0 aliphatic heterocycles. The van der Waals surface area contributed by atoms with Crippen molar-refractivity contribution in [1.29, 1.82) is 0 Å². The number of rotatable bonds is 2. The molecule has 1 nitrogen and oxygen atoms in total. The van der Waals surface area contributed by atoms with E-state index in [-0.39, 0.29) is 5.41 Å². The van der Waals surface area contributed by atoms with E-state index in [1.54, 1.807) is 22.7 Å². The van der Waals surface area contributed by atoms with E-state index in [0.29, 0.717) is 0 Å². The van der Waals surface area contributed by atoms with E-state index in [4.69, 9.17) is 0 Å². The molecular weight excluding hydrogens is 328 g/mol. The first-order valence-corrected chi connectivity index (χ1v) is 8.26. The third-order valence-corrected chi connectivity index (χ3v) is 6.53. The van der Waals surface area contributed by atoms with Crippen LogP contribution >= 0.6 is 38.6 Å². The zero-order valence-electron chi connectivity index (χ0n) is 11.0. The molecule has 4 heteroatoms.